The Morgan fingerprint density at radius 3 is 2.29 bits per heavy atom. The molecule has 7 heteroatoms. The number of rotatable bonds is 6. The molecule has 0 radical (unpaired) electrons. The highest BCUT2D eigenvalue weighted by molar-refractivity contribution is 7.91. The summed E-state index contributed by atoms with van der Waals surface area (Å²) in [6.45, 7) is 2.46. The first-order valence-electron chi connectivity index (χ1n) is 9.71. The Morgan fingerprint density at radius 2 is 1.61 bits per heavy atom. The topological polar surface area (TPSA) is 78.1 Å². The minimum absolute atomic E-state index is 0.00577. The number of sulfone groups is 1. The molecule has 0 amide bonds. The van der Waals surface area contributed by atoms with Crippen LogP contribution in [0, 0.1) is 0 Å². The molecule has 0 aliphatic heterocycles. The molecule has 31 heavy (non-hydrogen) atoms. The van der Waals surface area contributed by atoms with Crippen LogP contribution in [-0.2, 0) is 9.84 Å². The Balaban J connectivity index is 1.95. The first kappa shape index (κ1) is 20.7. The van der Waals surface area contributed by atoms with Crippen molar-refractivity contribution in [3.05, 3.63) is 84.4 Å². The summed E-state index contributed by atoms with van der Waals surface area (Å²) in [7, 11) is -2.30. The number of ether oxygens (including phenoxy) is 2. The van der Waals surface area contributed by atoms with E-state index in [1.54, 1.807) is 86.0 Å². The fourth-order valence-corrected chi connectivity index (χ4v) is 4.47. The summed E-state index contributed by atoms with van der Waals surface area (Å²) in [5.41, 5.74) is 1.00. The molecule has 0 saturated carbocycles. The van der Waals surface area contributed by atoms with Crippen LogP contribution in [0.2, 0.25) is 0 Å². The molecule has 3 aromatic carbocycles. The SMILES string of the molecule is CCOc1ccc(N=c2oc3cc(OC)ccc3cc2S(=O)(=O)c2ccccc2)cc1. The lowest BCUT2D eigenvalue weighted by molar-refractivity contribution is 0.340. The fraction of sp³-hybridized carbons (Fsp3) is 0.125. The van der Waals surface area contributed by atoms with Gasteiger partial charge in [0.15, 0.2) is 0 Å². The highest BCUT2D eigenvalue weighted by Gasteiger charge is 2.22. The third-order valence-electron chi connectivity index (χ3n) is 4.65. The third-order valence-corrected chi connectivity index (χ3v) is 6.41. The van der Waals surface area contributed by atoms with E-state index in [1.807, 2.05) is 6.92 Å². The lowest BCUT2D eigenvalue weighted by Gasteiger charge is -2.08. The van der Waals surface area contributed by atoms with Crippen molar-refractivity contribution in [2.75, 3.05) is 13.7 Å². The predicted molar refractivity (Wildman–Crippen MR) is 117 cm³/mol. The third kappa shape index (κ3) is 4.32. The molecule has 0 saturated heterocycles. The molecule has 0 unspecified atom stereocenters. The predicted octanol–water partition coefficient (Wildman–Crippen LogP) is 4.91. The molecule has 0 spiro atoms. The molecule has 0 bridgehead atoms. The van der Waals surface area contributed by atoms with E-state index in [9.17, 15) is 8.42 Å². The van der Waals surface area contributed by atoms with E-state index in [-0.39, 0.29) is 15.3 Å². The second kappa shape index (κ2) is 8.65. The smallest absolute Gasteiger partial charge is 0.239 e. The van der Waals surface area contributed by atoms with Crippen LogP contribution >= 0.6 is 0 Å². The second-order valence-corrected chi connectivity index (χ2v) is 8.59. The van der Waals surface area contributed by atoms with Crippen molar-refractivity contribution in [1.29, 1.82) is 0 Å². The maximum absolute atomic E-state index is 13.4. The summed E-state index contributed by atoms with van der Waals surface area (Å²) in [5, 5.41) is 0.626. The van der Waals surface area contributed by atoms with Crippen molar-refractivity contribution in [1.82, 2.24) is 0 Å². The van der Waals surface area contributed by atoms with Crippen molar-refractivity contribution in [2.45, 2.75) is 16.7 Å². The van der Waals surface area contributed by atoms with Gasteiger partial charge in [-0.3, -0.25) is 0 Å². The lowest BCUT2D eigenvalue weighted by atomic mass is 10.2. The van der Waals surface area contributed by atoms with Crippen LogP contribution in [0.3, 0.4) is 0 Å². The van der Waals surface area contributed by atoms with Crippen molar-refractivity contribution in [2.24, 2.45) is 4.99 Å². The van der Waals surface area contributed by atoms with E-state index in [4.69, 9.17) is 13.9 Å². The molecule has 0 aliphatic carbocycles. The van der Waals surface area contributed by atoms with Crippen LogP contribution in [0.15, 0.2) is 98.1 Å². The summed E-state index contributed by atoms with van der Waals surface area (Å²) in [6.07, 6.45) is 0. The zero-order valence-electron chi connectivity index (χ0n) is 17.1. The number of nitrogens with zero attached hydrogens (tertiary/aromatic N) is 1. The molecular weight excluding hydrogens is 414 g/mol. The van der Waals surface area contributed by atoms with Gasteiger partial charge in [-0.15, -0.1) is 0 Å². The van der Waals surface area contributed by atoms with Gasteiger partial charge in [-0.2, -0.15) is 0 Å². The average Bonchev–Trinajstić information content (AvgIpc) is 2.80. The highest BCUT2D eigenvalue weighted by atomic mass is 32.2. The molecule has 1 heterocycles. The lowest BCUT2D eigenvalue weighted by Crippen LogP contribution is -2.15. The first-order chi connectivity index (χ1) is 15.0. The maximum atomic E-state index is 13.4. The number of hydrogen-bond acceptors (Lipinski definition) is 6. The molecule has 0 aliphatic rings. The van der Waals surface area contributed by atoms with Crippen LogP contribution in [0.1, 0.15) is 6.92 Å². The van der Waals surface area contributed by atoms with Crippen molar-refractivity contribution >= 4 is 26.5 Å². The number of methoxy groups -OCH3 is 1. The highest BCUT2D eigenvalue weighted by Crippen LogP contribution is 2.25. The zero-order chi connectivity index (χ0) is 21.8. The van der Waals surface area contributed by atoms with Crippen molar-refractivity contribution in [3.63, 3.8) is 0 Å². The number of benzene rings is 3. The van der Waals surface area contributed by atoms with Crippen molar-refractivity contribution in [3.8, 4) is 11.5 Å². The first-order valence-corrected chi connectivity index (χ1v) is 11.2. The summed E-state index contributed by atoms with van der Waals surface area (Å²) < 4.78 is 43.5. The molecule has 4 rings (SSSR count). The second-order valence-electron chi connectivity index (χ2n) is 6.67. The van der Waals surface area contributed by atoms with Gasteiger partial charge in [-0.1, -0.05) is 18.2 Å². The summed E-state index contributed by atoms with van der Waals surface area (Å²) in [5.74, 6) is 1.31. The molecule has 0 fully saturated rings. The Hall–Kier alpha value is -3.58. The standard InChI is InChI=1S/C24H21NO5S/c1-3-29-19-13-10-18(11-14-19)25-24-23(31(26,27)21-7-5-4-6-8-21)15-17-9-12-20(28-2)16-22(17)30-24/h4-16H,3H2,1-2H3. The van der Waals surface area contributed by atoms with Gasteiger partial charge < -0.3 is 13.9 Å². The minimum atomic E-state index is -3.86. The van der Waals surface area contributed by atoms with Crippen LogP contribution in [0.5, 0.6) is 11.5 Å². The van der Waals surface area contributed by atoms with E-state index >= 15 is 0 Å². The monoisotopic (exact) mass is 435 g/mol. The van der Waals surface area contributed by atoms with Crippen LogP contribution in [-0.4, -0.2) is 22.1 Å². The van der Waals surface area contributed by atoms with Crippen molar-refractivity contribution < 1.29 is 22.3 Å². The van der Waals surface area contributed by atoms with E-state index in [0.29, 0.717) is 34.8 Å². The Bertz CT molecular complexity index is 1380. The van der Waals surface area contributed by atoms with Crippen LogP contribution in [0.4, 0.5) is 5.69 Å². The molecule has 6 nitrogen and oxygen atoms in total. The minimum Gasteiger partial charge on any atom is -0.497 e. The number of hydrogen-bond donors (Lipinski definition) is 0. The van der Waals surface area contributed by atoms with E-state index in [0.717, 1.165) is 0 Å². The quantitative estimate of drug-likeness (QED) is 0.430. The van der Waals surface area contributed by atoms with Gasteiger partial charge in [0, 0.05) is 11.5 Å². The van der Waals surface area contributed by atoms with Gasteiger partial charge in [0.25, 0.3) is 0 Å². The van der Waals surface area contributed by atoms with E-state index < -0.39 is 9.84 Å². The maximum Gasteiger partial charge on any atom is 0.239 e. The largest absolute Gasteiger partial charge is 0.497 e. The Kier molecular flexibility index (Phi) is 5.77. The van der Waals surface area contributed by atoms with Gasteiger partial charge in [0.1, 0.15) is 22.0 Å². The van der Waals surface area contributed by atoms with Gasteiger partial charge in [0.2, 0.25) is 15.4 Å². The molecule has 4 aromatic rings. The normalized spacial score (nSPS) is 12.1. The Labute approximate surface area is 180 Å². The molecule has 158 valence electrons. The molecular formula is C24H21NO5S. The molecule has 0 N–H and O–H groups in total. The Morgan fingerprint density at radius 1 is 0.903 bits per heavy atom. The van der Waals surface area contributed by atoms with E-state index in [2.05, 4.69) is 4.99 Å². The van der Waals surface area contributed by atoms with Gasteiger partial charge in [-0.05, 0) is 61.5 Å². The average molecular weight is 436 g/mol. The molecule has 1 aromatic heterocycles. The number of fused-ring (bicyclic) bond motifs is 1. The van der Waals surface area contributed by atoms with Crippen LogP contribution in [0.25, 0.3) is 11.0 Å². The summed E-state index contributed by atoms with van der Waals surface area (Å²) >= 11 is 0. The van der Waals surface area contributed by atoms with Crippen LogP contribution < -0.4 is 15.0 Å². The van der Waals surface area contributed by atoms with Gasteiger partial charge >= 0.3 is 0 Å². The summed E-state index contributed by atoms with van der Waals surface area (Å²) in [6, 6.07) is 22.0. The zero-order valence-corrected chi connectivity index (χ0v) is 17.9. The van der Waals surface area contributed by atoms with Gasteiger partial charge in [0.05, 0.1) is 24.3 Å². The summed E-state index contributed by atoms with van der Waals surface area (Å²) in [4.78, 5) is 4.66. The van der Waals surface area contributed by atoms with E-state index in [1.165, 1.54) is 0 Å². The fourth-order valence-electron chi connectivity index (χ4n) is 3.10. The van der Waals surface area contributed by atoms with Gasteiger partial charge in [-0.25, -0.2) is 13.4 Å². The molecule has 0 atom stereocenters.